The summed E-state index contributed by atoms with van der Waals surface area (Å²) in [4.78, 5) is 23.0. The van der Waals surface area contributed by atoms with Crippen LogP contribution in [0.2, 0.25) is 0 Å². The molecule has 0 aliphatic heterocycles. The molecule has 0 N–H and O–H groups in total. The Morgan fingerprint density at radius 3 is 1.85 bits per heavy atom. The Hall–Kier alpha value is -1.54. The molecule has 0 aliphatic carbocycles. The van der Waals surface area contributed by atoms with E-state index < -0.39 is 11.9 Å². The second-order valence-corrected chi connectivity index (χ2v) is 6.95. The first-order valence-electron chi connectivity index (χ1n) is 6.62. The molecule has 0 unspecified atom stereocenters. The third kappa shape index (κ3) is 6.07. The molecular weight excluding hydrogens is 256 g/mol. The monoisotopic (exact) mass is 282 g/mol. The van der Waals surface area contributed by atoms with Gasteiger partial charge in [-0.3, -0.25) is 0 Å². The number of hydrogen-bond acceptors (Lipinski definition) is 4. The molecule has 0 spiro atoms. The van der Waals surface area contributed by atoms with E-state index in [1.807, 2.05) is 41.5 Å². The van der Waals surface area contributed by atoms with Crippen LogP contribution in [-0.4, -0.2) is 25.2 Å². The first-order valence-corrected chi connectivity index (χ1v) is 6.62. The standard InChI is InChI=1S/C16H26O4/c1-11(9-10-12(17)19-8)13(18)20-14(15(2,3)4)16(5,6)7/h10,14H,1-8H3. The number of hydrogen-bond donors (Lipinski definition) is 0. The predicted octanol–water partition coefficient (Wildman–Crippen LogP) is 3.26. The summed E-state index contributed by atoms with van der Waals surface area (Å²) in [7, 11) is 1.27. The molecule has 0 fully saturated rings. The van der Waals surface area contributed by atoms with E-state index >= 15 is 0 Å². The van der Waals surface area contributed by atoms with E-state index in [0.29, 0.717) is 0 Å². The summed E-state index contributed by atoms with van der Waals surface area (Å²) in [6, 6.07) is 0. The van der Waals surface area contributed by atoms with Crippen molar-refractivity contribution in [3.8, 4) is 0 Å². The minimum absolute atomic E-state index is 0.180. The molecule has 0 aromatic heterocycles. The van der Waals surface area contributed by atoms with Crippen molar-refractivity contribution in [1.82, 2.24) is 0 Å². The van der Waals surface area contributed by atoms with Crippen LogP contribution in [0.15, 0.2) is 17.4 Å². The van der Waals surface area contributed by atoms with Crippen LogP contribution in [0.5, 0.6) is 0 Å². The predicted molar refractivity (Wildman–Crippen MR) is 78.1 cm³/mol. The van der Waals surface area contributed by atoms with E-state index in [4.69, 9.17) is 4.74 Å². The highest BCUT2D eigenvalue weighted by molar-refractivity contribution is 5.89. The van der Waals surface area contributed by atoms with Gasteiger partial charge in [-0.05, 0) is 17.8 Å². The van der Waals surface area contributed by atoms with Crippen molar-refractivity contribution < 1.29 is 19.1 Å². The lowest BCUT2D eigenvalue weighted by molar-refractivity contribution is -0.158. The van der Waals surface area contributed by atoms with Crippen LogP contribution in [0.4, 0.5) is 0 Å². The Bertz CT molecular complexity index is 412. The summed E-state index contributed by atoms with van der Waals surface area (Å²) in [5, 5.41) is 0. The quantitative estimate of drug-likeness (QED) is 0.453. The van der Waals surface area contributed by atoms with E-state index in [-0.39, 0.29) is 22.5 Å². The molecule has 0 rings (SSSR count). The fourth-order valence-corrected chi connectivity index (χ4v) is 2.13. The zero-order valence-corrected chi connectivity index (χ0v) is 13.8. The number of carbonyl (C=O) groups is 2. The maximum Gasteiger partial charge on any atom is 0.341 e. The molecule has 0 aliphatic rings. The van der Waals surface area contributed by atoms with E-state index in [1.54, 1.807) is 6.92 Å². The molecule has 0 aromatic carbocycles. The Morgan fingerprint density at radius 2 is 1.50 bits per heavy atom. The molecule has 0 atom stereocenters. The van der Waals surface area contributed by atoms with Gasteiger partial charge in [0.2, 0.25) is 0 Å². The van der Waals surface area contributed by atoms with Gasteiger partial charge in [0, 0.05) is 0 Å². The van der Waals surface area contributed by atoms with Crippen LogP contribution in [0.25, 0.3) is 0 Å². The van der Waals surface area contributed by atoms with E-state index in [2.05, 4.69) is 10.5 Å². The van der Waals surface area contributed by atoms with Gasteiger partial charge in [0.25, 0.3) is 0 Å². The molecule has 0 aromatic rings. The van der Waals surface area contributed by atoms with Crippen molar-refractivity contribution in [2.75, 3.05) is 7.11 Å². The zero-order valence-electron chi connectivity index (χ0n) is 13.8. The zero-order chi connectivity index (χ0) is 16.1. The highest BCUT2D eigenvalue weighted by Crippen LogP contribution is 2.36. The minimum atomic E-state index is -0.555. The summed E-state index contributed by atoms with van der Waals surface area (Å²) in [5.74, 6) is -1.03. The van der Waals surface area contributed by atoms with Gasteiger partial charge < -0.3 is 9.47 Å². The number of rotatable bonds is 3. The first kappa shape index (κ1) is 18.5. The molecule has 0 saturated heterocycles. The second kappa shape index (κ2) is 6.76. The lowest BCUT2D eigenvalue weighted by atomic mass is 9.74. The van der Waals surface area contributed by atoms with E-state index in [1.165, 1.54) is 7.11 Å². The van der Waals surface area contributed by atoms with Crippen molar-refractivity contribution in [3.63, 3.8) is 0 Å². The second-order valence-electron chi connectivity index (χ2n) is 6.95. The average Bonchev–Trinajstić information content (AvgIpc) is 2.28. The lowest BCUT2D eigenvalue weighted by Gasteiger charge is -2.39. The molecule has 4 nitrogen and oxygen atoms in total. The number of ether oxygens (including phenoxy) is 2. The molecule has 114 valence electrons. The number of carbonyl (C=O) groups excluding carboxylic acids is 2. The Morgan fingerprint density at radius 1 is 1.05 bits per heavy atom. The SMILES string of the molecule is COC(=O)C=C=C(C)C(=O)OC(C(C)(C)C)C(C)(C)C. The first-order chi connectivity index (χ1) is 8.89. The van der Waals surface area contributed by atoms with Crippen molar-refractivity contribution in [1.29, 1.82) is 0 Å². The van der Waals surface area contributed by atoms with Gasteiger partial charge in [-0.1, -0.05) is 41.5 Å². The topological polar surface area (TPSA) is 52.6 Å². The summed E-state index contributed by atoms with van der Waals surface area (Å²) >= 11 is 0. The minimum Gasteiger partial charge on any atom is -0.465 e. The van der Waals surface area contributed by atoms with Crippen molar-refractivity contribution in [3.05, 3.63) is 17.4 Å². The fourth-order valence-electron chi connectivity index (χ4n) is 2.13. The summed E-state index contributed by atoms with van der Waals surface area (Å²) < 4.78 is 10.0. The summed E-state index contributed by atoms with van der Waals surface area (Å²) in [6.45, 7) is 13.7. The molecule has 0 heterocycles. The van der Waals surface area contributed by atoms with Gasteiger partial charge in [-0.25, -0.2) is 9.59 Å². The highest BCUT2D eigenvalue weighted by Gasteiger charge is 2.38. The molecule has 4 heteroatoms. The maximum absolute atomic E-state index is 12.1. The van der Waals surface area contributed by atoms with Crippen LogP contribution >= 0.6 is 0 Å². The number of methoxy groups -OCH3 is 1. The molecule has 20 heavy (non-hydrogen) atoms. The summed E-state index contributed by atoms with van der Waals surface area (Å²) in [5.41, 5.74) is 2.47. The van der Waals surface area contributed by atoms with E-state index in [9.17, 15) is 9.59 Å². The third-order valence-corrected chi connectivity index (χ3v) is 2.71. The largest absolute Gasteiger partial charge is 0.465 e. The molecule has 0 saturated carbocycles. The lowest BCUT2D eigenvalue weighted by Crippen LogP contribution is -2.42. The molecule has 0 bridgehead atoms. The Kier molecular flexibility index (Phi) is 6.24. The van der Waals surface area contributed by atoms with Gasteiger partial charge in [-0.15, -0.1) is 5.73 Å². The van der Waals surface area contributed by atoms with Gasteiger partial charge >= 0.3 is 11.9 Å². The maximum atomic E-state index is 12.1. The Labute approximate surface area is 121 Å². The van der Waals surface area contributed by atoms with Crippen LogP contribution < -0.4 is 0 Å². The van der Waals surface area contributed by atoms with Gasteiger partial charge in [0.15, 0.2) is 0 Å². The van der Waals surface area contributed by atoms with Crippen molar-refractivity contribution >= 4 is 11.9 Å². The highest BCUT2D eigenvalue weighted by atomic mass is 16.5. The molecular formula is C16H26O4. The van der Waals surface area contributed by atoms with Gasteiger partial charge in [0.05, 0.1) is 18.8 Å². The third-order valence-electron chi connectivity index (χ3n) is 2.71. The van der Waals surface area contributed by atoms with E-state index in [0.717, 1.165) is 6.08 Å². The Balaban J connectivity index is 5.14. The average molecular weight is 282 g/mol. The van der Waals surface area contributed by atoms with Gasteiger partial charge in [-0.2, -0.15) is 0 Å². The van der Waals surface area contributed by atoms with Crippen LogP contribution in [0, 0.1) is 10.8 Å². The van der Waals surface area contributed by atoms with Crippen molar-refractivity contribution in [2.45, 2.75) is 54.6 Å². The smallest absolute Gasteiger partial charge is 0.341 e. The number of esters is 2. The van der Waals surface area contributed by atoms with Gasteiger partial charge in [0.1, 0.15) is 6.10 Å². The summed E-state index contributed by atoms with van der Waals surface area (Å²) in [6.07, 6.45) is 0.831. The fraction of sp³-hybridized carbons (Fsp3) is 0.688. The molecule has 0 radical (unpaired) electrons. The molecule has 0 amide bonds. The van der Waals surface area contributed by atoms with Crippen molar-refractivity contribution in [2.24, 2.45) is 10.8 Å². The van der Waals surface area contributed by atoms with Crippen LogP contribution in [-0.2, 0) is 19.1 Å². The van der Waals surface area contributed by atoms with Crippen LogP contribution in [0.1, 0.15) is 48.5 Å². The van der Waals surface area contributed by atoms with Crippen LogP contribution in [0.3, 0.4) is 0 Å². The normalized spacial score (nSPS) is 11.7.